The minimum Gasteiger partial charge on any atom is -0.314 e. The monoisotopic (exact) mass is 316 g/mol. The first-order chi connectivity index (χ1) is 9.60. The number of benzene rings is 1. The van der Waals surface area contributed by atoms with Crippen molar-refractivity contribution in [1.29, 1.82) is 0 Å². The number of hydrogen-bond acceptors (Lipinski definition) is 2. The molecule has 21 heavy (non-hydrogen) atoms. The van der Waals surface area contributed by atoms with E-state index in [1.54, 1.807) is 0 Å². The maximum atomic E-state index is 13.9. The van der Waals surface area contributed by atoms with Gasteiger partial charge in [0.05, 0.1) is 11.1 Å². The van der Waals surface area contributed by atoms with Crippen molar-refractivity contribution >= 4 is 0 Å². The van der Waals surface area contributed by atoms with Crippen LogP contribution in [0.4, 0.5) is 30.7 Å². The van der Waals surface area contributed by atoms with Crippen LogP contribution in [0, 0.1) is 5.82 Å². The number of piperazine rings is 1. The van der Waals surface area contributed by atoms with Gasteiger partial charge in [-0.15, -0.1) is 0 Å². The predicted octanol–water partition coefficient (Wildman–Crippen LogP) is 3.10. The lowest BCUT2D eigenvalue weighted by molar-refractivity contribution is -0.144. The highest BCUT2D eigenvalue weighted by Gasteiger charge is 2.41. The molecule has 1 aromatic rings. The van der Waals surface area contributed by atoms with Gasteiger partial charge in [-0.2, -0.15) is 26.3 Å². The lowest BCUT2D eigenvalue weighted by atomic mass is 9.95. The molecular weight excluding hydrogens is 305 g/mol. The first-order valence-corrected chi connectivity index (χ1v) is 6.02. The molecule has 0 aromatic heterocycles. The first kappa shape index (κ1) is 16.0. The third-order valence-electron chi connectivity index (χ3n) is 3.15. The van der Waals surface area contributed by atoms with Crippen LogP contribution >= 0.6 is 0 Å². The van der Waals surface area contributed by atoms with E-state index in [9.17, 15) is 30.7 Å². The quantitative estimate of drug-likeness (QED) is 0.778. The molecule has 9 heteroatoms. The van der Waals surface area contributed by atoms with Crippen LogP contribution in [-0.4, -0.2) is 19.6 Å². The Kier molecular flexibility index (Phi) is 4.16. The highest BCUT2D eigenvalue weighted by atomic mass is 19.4. The van der Waals surface area contributed by atoms with Crippen LogP contribution in [0.1, 0.15) is 22.7 Å². The second kappa shape index (κ2) is 5.45. The van der Waals surface area contributed by atoms with E-state index in [0.29, 0.717) is 13.1 Å². The maximum absolute atomic E-state index is 13.9. The summed E-state index contributed by atoms with van der Waals surface area (Å²) in [6.07, 6.45) is -10.1. The van der Waals surface area contributed by atoms with Crippen LogP contribution in [0.5, 0.6) is 0 Å². The summed E-state index contributed by atoms with van der Waals surface area (Å²) in [6, 6.07) is -0.979. The molecule has 0 spiro atoms. The highest BCUT2D eigenvalue weighted by molar-refractivity contribution is 5.39. The number of nitrogens with one attached hydrogen (secondary N) is 2. The summed E-state index contributed by atoms with van der Waals surface area (Å²) < 4.78 is 90.4. The SMILES string of the molecule is Fc1cc(C(F)(F)F)cc(C(F)(F)F)c1[C@@H]1CNCCN1. The Balaban J connectivity index is 2.57. The molecule has 1 aliphatic rings. The van der Waals surface area contributed by atoms with Crippen molar-refractivity contribution in [2.24, 2.45) is 0 Å². The van der Waals surface area contributed by atoms with Gasteiger partial charge in [-0.1, -0.05) is 0 Å². The Bertz CT molecular complexity index is 516. The Morgan fingerprint density at radius 3 is 2.10 bits per heavy atom. The van der Waals surface area contributed by atoms with Crippen molar-refractivity contribution in [3.8, 4) is 0 Å². The summed E-state index contributed by atoms with van der Waals surface area (Å²) in [7, 11) is 0. The van der Waals surface area contributed by atoms with Gasteiger partial charge in [-0.3, -0.25) is 0 Å². The summed E-state index contributed by atoms with van der Waals surface area (Å²) in [5.41, 5.74) is -4.04. The molecule has 118 valence electrons. The van der Waals surface area contributed by atoms with Crippen LogP contribution in [0.25, 0.3) is 0 Å². The van der Waals surface area contributed by atoms with Crippen molar-refractivity contribution < 1.29 is 30.7 Å². The summed E-state index contributed by atoms with van der Waals surface area (Å²) in [4.78, 5) is 0. The van der Waals surface area contributed by atoms with Gasteiger partial charge >= 0.3 is 12.4 Å². The largest absolute Gasteiger partial charge is 0.416 e. The lowest BCUT2D eigenvalue weighted by Gasteiger charge is -2.28. The minimum absolute atomic E-state index is 0.00532. The van der Waals surface area contributed by atoms with Crippen LogP contribution < -0.4 is 10.6 Å². The molecule has 0 aliphatic carbocycles. The van der Waals surface area contributed by atoms with Gasteiger partial charge in [0, 0.05) is 31.2 Å². The third kappa shape index (κ3) is 3.46. The van der Waals surface area contributed by atoms with Crippen LogP contribution in [-0.2, 0) is 12.4 Å². The van der Waals surface area contributed by atoms with Gasteiger partial charge in [-0.25, -0.2) is 4.39 Å². The topological polar surface area (TPSA) is 24.1 Å². The molecule has 1 aliphatic heterocycles. The molecule has 2 N–H and O–H groups in total. The van der Waals surface area contributed by atoms with Gasteiger partial charge in [0.1, 0.15) is 5.82 Å². The number of halogens is 7. The van der Waals surface area contributed by atoms with Crippen molar-refractivity contribution in [3.63, 3.8) is 0 Å². The van der Waals surface area contributed by atoms with Gasteiger partial charge in [-0.05, 0) is 12.1 Å². The standard InChI is InChI=1S/C12H11F7N2/c13-8-4-6(11(14,15)16)3-7(12(17,18)19)10(8)9-5-20-1-2-21-9/h3-4,9,20-21H,1-2,5H2/t9-/m0/s1. The Labute approximate surface area is 115 Å². The number of rotatable bonds is 1. The lowest BCUT2D eigenvalue weighted by Crippen LogP contribution is -2.43. The average molecular weight is 316 g/mol. The molecule has 1 heterocycles. The van der Waals surface area contributed by atoms with Crippen molar-refractivity contribution in [1.82, 2.24) is 10.6 Å². The van der Waals surface area contributed by atoms with E-state index in [1.165, 1.54) is 0 Å². The number of hydrogen-bond donors (Lipinski definition) is 2. The fraction of sp³-hybridized carbons (Fsp3) is 0.500. The zero-order valence-electron chi connectivity index (χ0n) is 10.5. The highest BCUT2D eigenvalue weighted by Crippen LogP contribution is 2.40. The summed E-state index contributed by atoms with van der Waals surface area (Å²) in [5, 5.41) is 5.43. The molecule has 1 atom stereocenters. The first-order valence-electron chi connectivity index (χ1n) is 6.02. The molecule has 0 radical (unpaired) electrons. The maximum Gasteiger partial charge on any atom is 0.416 e. The summed E-state index contributed by atoms with van der Waals surface area (Å²) in [5.74, 6) is -1.52. The third-order valence-corrected chi connectivity index (χ3v) is 3.15. The normalized spacial score (nSPS) is 20.6. The van der Waals surface area contributed by atoms with E-state index < -0.39 is 40.9 Å². The second-order valence-electron chi connectivity index (χ2n) is 4.63. The van der Waals surface area contributed by atoms with E-state index in [-0.39, 0.29) is 18.7 Å². The molecular formula is C12H11F7N2. The molecule has 1 aromatic carbocycles. The van der Waals surface area contributed by atoms with Crippen molar-refractivity contribution in [2.75, 3.05) is 19.6 Å². The zero-order chi connectivity index (χ0) is 15.8. The van der Waals surface area contributed by atoms with Crippen LogP contribution in [0.3, 0.4) is 0 Å². The Morgan fingerprint density at radius 1 is 0.952 bits per heavy atom. The Morgan fingerprint density at radius 2 is 1.62 bits per heavy atom. The number of alkyl halides is 6. The van der Waals surface area contributed by atoms with E-state index in [2.05, 4.69) is 10.6 Å². The molecule has 0 saturated carbocycles. The smallest absolute Gasteiger partial charge is 0.314 e. The van der Waals surface area contributed by atoms with E-state index >= 15 is 0 Å². The molecule has 0 unspecified atom stereocenters. The van der Waals surface area contributed by atoms with Crippen molar-refractivity contribution in [3.05, 3.63) is 34.6 Å². The second-order valence-corrected chi connectivity index (χ2v) is 4.63. The summed E-state index contributed by atoms with van der Waals surface area (Å²) in [6.45, 7) is 0.786. The molecule has 1 fully saturated rings. The van der Waals surface area contributed by atoms with E-state index in [0.717, 1.165) is 0 Å². The zero-order valence-corrected chi connectivity index (χ0v) is 10.5. The molecule has 2 rings (SSSR count). The fourth-order valence-corrected chi connectivity index (χ4v) is 2.23. The van der Waals surface area contributed by atoms with Crippen LogP contribution in [0.2, 0.25) is 0 Å². The molecule has 0 bridgehead atoms. The molecule has 1 saturated heterocycles. The van der Waals surface area contributed by atoms with E-state index in [1.807, 2.05) is 0 Å². The summed E-state index contributed by atoms with van der Waals surface area (Å²) >= 11 is 0. The molecule has 2 nitrogen and oxygen atoms in total. The van der Waals surface area contributed by atoms with Gasteiger partial charge in [0.25, 0.3) is 0 Å². The minimum atomic E-state index is -5.07. The van der Waals surface area contributed by atoms with E-state index in [4.69, 9.17) is 0 Å². The molecule has 0 amide bonds. The average Bonchev–Trinajstić information content (AvgIpc) is 2.36. The van der Waals surface area contributed by atoms with Crippen molar-refractivity contribution in [2.45, 2.75) is 18.4 Å². The van der Waals surface area contributed by atoms with Gasteiger partial charge in [0.2, 0.25) is 0 Å². The van der Waals surface area contributed by atoms with Gasteiger partial charge < -0.3 is 10.6 Å². The van der Waals surface area contributed by atoms with Gasteiger partial charge in [0.15, 0.2) is 0 Å². The van der Waals surface area contributed by atoms with Crippen LogP contribution in [0.15, 0.2) is 12.1 Å². The Hall–Kier alpha value is -1.35. The fourth-order valence-electron chi connectivity index (χ4n) is 2.23. The predicted molar refractivity (Wildman–Crippen MR) is 60.0 cm³/mol.